The first-order valence-electron chi connectivity index (χ1n) is 21.7. The zero-order valence-corrected chi connectivity index (χ0v) is 46.3. The van der Waals surface area contributed by atoms with Gasteiger partial charge in [0.1, 0.15) is 16.7 Å². The molecule has 4 aromatic rings. The van der Waals surface area contributed by atoms with Gasteiger partial charge in [0.25, 0.3) is 11.8 Å². The normalized spacial score (nSPS) is 17.4. The zero-order chi connectivity index (χ0) is 48.9. The fraction of sp³-hybridized carbons (Fsp3) is 0.354. The number of benzene rings is 4. The molecular formula is C48H52N4Na2O12S3. The molecule has 4 aromatic carbocycles. The predicted molar refractivity (Wildman–Crippen MR) is 251 cm³/mol. The summed E-state index contributed by atoms with van der Waals surface area (Å²) >= 11 is 0. The Labute approximate surface area is 448 Å². The van der Waals surface area contributed by atoms with E-state index in [1.165, 1.54) is 19.2 Å². The Morgan fingerprint density at radius 3 is 2.03 bits per heavy atom. The Bertz CT molecular complexity index is 3190. The first-order chi connectivity index (χ1) is 31.4. The maximum absolute atomic E-state index is 14.1. The number of imide groups is 1. The summed E-state index contributed by atoms with van der Waals surface area (Å²) in [6.07, 6.45) is 9.80. The molecule has 0 aliphatic carbocycles. The zero-order valence-electron chi connectivity index (χ0n) is 39.9. The molecular weight excluding hydrogens is 967 g/mol. The number of rotatable bonds is 17. The molecule has 7 rings (SSSR count). The van der Waals surface area contributed by atoms with Gasteiger partial charge in [0.15, 0.2) is 5.71 Å². The second-order valence-corrected chi connectivity index (χ2v) is 22.6. The van der Waals surface area contributed by atoms with E-state index in [0.717, 1.165) is 38.2 Å². The van der Waals surface area contributed by atoms with Crippen LogP contribution in [-0.2, 0) is 60.3 Å². The minimum absolute atomic E-state index is 0. The molecule has 0 N–H and O–H groups in total. The van der Waals surface area contributed by atoms with Gasteiger partial charge in [0, 0.05) is 85.0 Å². The van der Waals surface area contributed by atoms with E-state index in [4.69, 9.17) is 4.84 Å². The van der Waals surface area contributed by atoms with Crippen LogP contribution in [0.15, 0.2) is 107 Å². The van der Waals surface area contributed by atoms with Crippen molar-refractivity contribution >= 4 is 86.7 Å². The van der Waals surface area contributed by atoms with E-state index < -0.39 is 64.6 Å². The summed E-state index contributed by atoms with van der Waals surface area (Å²) in [7, 11) is -12.0. The molecule has 0 bridgehead atoms. The van der Waals surface area contributed by atoms with Crippen LogP contribution in [0.25, 0.3) is 21.5 Å². The maximum atomic E-state index is 14.1. The van der Waals surface area contributed by atoms with Crippen LogP contribution in [0, 0.1) is 6.92 Å². The molecule has 3 aliphatic heterocycles. The molecule has 0 aromatic heterocycles. The van der Waals surface area contributed by atoms with E-state index in [0.29, 0.717) is 39.6 Å². The number of hydrogen-bond donors (Lipinski definition) is 0. The van der Waals surface area contributed by atoms with Crippen molar-refractivity contribution in [3.05, 3.63) is 115 Å². The quantitative estimate of drug-likeness (QED) is 0.0346. The second kappa shape index (κ2) is 21.6. The van der Waals surface area contributed by atoms with Crippen LogP contribution in [0.1, 0.15) is 77.3 Å². The van der Waals surface area contributed by atoms with Crippen molar-refractivity contribution in [1.82, 2.24) is 9.37 Å². The molecule has 356 valence electrons. The predicted octanol–water partition coefficient (Wildman–Crippen LogP) is 0.243. The molecule has 21 heteroatoms. The third-order valence-electron chi connectivity index (χ3n) is 12.6. The van der Waals surface area contributed by atoms with Crippen LogP contribution in [-0.4, -0.2) is 104 Å². The fourth-order valence-electron chi connectivity index (χ4n) is 9.56. The third kappa shape index (κ3) is 11.2. The largest absolute Gasteiger partial charge is 1.00 e. The number of anilines is 1. The smallest absolute Gasteiger partial charge is 0.748 e. The van der Waals surface area contributed by atoms with Crippen molar-refractivity contribution < 1.29 is 117 Å². The number of carbonyl (C=O) groups excluding carboxylic acids is 3. The topological polar surface area (TPSA) is 222 Å². The number of allylic oxidation sites excluding steroid dienone is 6. The van der Waals surface area contributed by atoms with Gasteiger partial charge >= 0.3 is 65.1 Å². The van der Waals surface area contributed by atoms with Gasteiger partial charge < -0.3 is 25.8 Å². The standard InChI is InChI=1S/C48H54N4O12S3.2Na/c1-7-28-50-36-25-23-33-35(16-12-18-39(33)67(61,62)63)46(36)47(2,3)40(50)19-9-8-10-20-41-48(4,5)45-34-15-11-17-38(32(34)22-24-37(45)51(41)30-14-31-65(56,57)58)66(59,60)49(6)29-13-21-44(55)64-52-42(53)26-27-43(52)54;;/h8-12,15-20,22-25H,1,7,13-14,21,26-31H2,2-6H3,(H,56,57,58)(H,61,62,63);;/q;2*+1/p-2. The maximum Gasteiger partial charge on any atom is 1.00 e. The molecule has 0 saturated carbocycles. The van der Waals surface area contributed by atoms with Crippen molar-refractivity contribution in [3.63, 3.8) is 0 Å². The molecule has 1 fully saturated rings. The molecule has 69 heavy (non-hydrogen) atoms. The second-order valence-electron chi connectivity index (χ2n) is 17.8. The van der Waals surface area contributed by atoms with Gasteiger partial charge in [-0.15, -0.1) is 11.5 Å². The Balaban J connectivity index is 0.00000444. The van der Waals surface area contributed by atoms with Crippen LogP contribution in [0.3, 0.4) is 0 Å². The first kappa shape index (κ1) is 56.3. The monoisotopic (exact) mass is 1020 g/mol. The Kier molecular flexibility index (Phi) is 17.7. The summed E-state index contributed by atoms with van der Waals surface area (Å²) in [5.74, 6) is -2.64. The van der Waals surface area contributed by atoms with Gasteiger partial charge in [0.05, 0.1) is 25.3 Å². The SMILES string of the molecule is [CH2-]CC[N+]1=C(/C=C/C=C/C=C2/N(CCCS(=O)(=O)[O-])c3ccc4c(S(=O)(=O)N(C)CCCC(=O)ON5C(=O)CCC5=O)cccc4c3C2(C)C)C(C)(C)c2c1ccc1c(S(=O)(=O)[O-])cccc21.[Na+].[Na+]. The summed E-state index contributed by atoms with van der Waals surface area (Å²) in [6, 6.07) is 16.7. The Morgan fingerprint density at radius 2 is 1.41 bits per heavy atom. The number of sulfonamides is 1. The number of hydroxylamine groups is 2. The summed E-state index contributed by atoms with van der Waals surface area (Å²) in [5.41, 5.74) is 3.61. The van der Waals surface area contributed by atoms with Crippen LogP contribution in [0.4, 0.5) is 11.4 Å². The van der Waals surface area contributed by atoms with Gasteiger partial charge in [-0.25, -0.2) is 34.4 Å². The van der Waals surface area contributed by atoms with Crippen molar-refractivity contribution in [2.75, 3.05) is 37.3 Å². The van der Waals surface area contributed by atoms with Gasteiger partial charge in [-0.2, -0.15) is 4.58 Å². The summed E-state index contributed by atoms with van der Waals surface area (Å²) < 4.78 is 103. The number of hydrogen-bond acceptors (Lipinski definition) is 13. The summed E-state index contributed by atoms with van der Waals surface area (Å²) in [5, 5.41) is 2.56. The Hall–Kier alpha value is -3.57. The molecule has 0 atom stereocenters. The van der Waals surface area contributed by atoms with E-state index >= 15 is 0 Å². The average molecular weight is 1020 g/mol. The molecule has 0 radical (unpaired) electrons. The van der Waals surface area contributed by atoms with Crippen LogP contribution < -0.4 is 64.0 Å². The minimum Gasteiger partial charge on any atom is -0.748 e. The van der Waals surface area contributed by atoms with E-state index in [9.17, 15) is 48.7 Å². The molecule has 0 spiro atoms. The molecule has 2 amide bonds. The minimum atomic E-state index is -4.73. The number of amides is 2. The summed E-state index contributed by atoms with van der Waals surface area (Å²) in [4.78, 5) is 42.7. The van der Waals surface area contributed by atoms with E-state index in [-0.39, 0.29) is 114 Å². The van der Waals surface area contributed by atoms with Gasteiger partial charge in [-0.3, -0.25) is 9.59 Å². The van der Waals surface area contributed by atoms with Crippen LogP contribution in [0.2, 0.25) is 0 Å². The number of fused-ring (bicyclic) bond motifs is 6. The number of nitrogens with zero attached hydrogens (tertiary/aromatic N) is 4. The van der Waals surface area contributed by atoms with E-state index in [1.807, 2.05) is 81.2 Å². The molecule has 1 saturated heterocycles. The van der Waals surface area contributed by atoms with Crippen molar-refractivity contribution in [3.8, 4) is 0 Å². The van der Waals surface area contributed by atoms with Crippen LogP contribution in [0.5, 0.6) is 0 Å². The first-order valence-corrected chi connectivity index (χ1v) is 26.2. The van der Waals surface area contributed by atoms with E-state index in [1.54, 1.807) is 30.3 Å². The molecule has 16 nitrogen and oxygen atoms in total. The van der Waals surface area contributed by atoms with E-state index in [2.05, 4.69) is 11.5 Å². The van der Waals surface area contributed by atoms with Crippen molar-refractivity contribution in [2.45, 2.75) is 86.8 Å². The molecule has 3 aliphatic rings. The van der Waals surface area contributed by atoms with Crippen molar-refractivity contribution in [2.24, 2.45) is 0 Å². The fourth-order valence-corrected chi connectivity index (χ4v) is 12.2. The van der Waals surface area contributed by atoms with Gasteiger partial charge in [-0.05, 0) is 78.8 Å². The van der Waals surface area contributed by atoms with Gasteiger partial charge in [0.2, 0.25) is 15.7 Å². The van der Waals surface area contributed by atoms with Crippen molar-refractivity contribution in [1.29, 1.82) is 0 Å². The van der Waals surface area contributed by atoms with Crippen LogP contribution >= 0.6 is 0 Å². The third-order valence-corrected chi connectivity index (χ3v) is 16.2. The molecule has 0 unspecified atom stereocenters. The summed E-state index contributed by atoms with van der Waals surface area (Å²) in [6.45, 7) is 12.8. The average Bonchev–Trinajstić information content (AvgIpc) is 3.77. The Morgan fingerprint density at radius 1 is 0.797 bits per heavy atom. The van der Waals surface area contributed by atoms with Gasteiger partial charge in [-0.1, -0.05) is 62.4 Å². The molecule has 3 heterocycles. The number of carbonyl (C=O) groups is 3.